The van der Waals surface area contributed by atoms with E-state index in [-0.39, 0.29) is 17.7 Å². The fourth-order valence-electron chi connectivity index (χ4n) is 5.10. The number of nitrogens with zero attached hydrogens (tertiary/aromatic N) is 1. The fourth-order valence-corrected chi connectivity index (χ4v) is 5.10. The molecular weight excluding hydrogens is 424 g/mol. The van der Waals surface area contributed by atoms with Crippen LogP contribution in [0.4, 0.5) is 0 Å². The highest BCUT2D eigenvalue weighted by Gasteiger charge is 2.43. The molecule has 5 heteroatoms. The molecule has 0 saturated heterocycles. The molecule has 3 aromatic rings. The molecule has 1 N–H and O–H groups in total. The number of rotatable bonds is 6. The van der Waals surface area contributed by atoms with Crippen LogP contribution in [0.2, 0.25) is 0 Å². The van der Waals surface area contributed by atoms with Gasteiger partial charge in [0.15, 0.2) is 0 Å². The van der Waals surface area contributed by atoms with Gasteiger partial charge in [0, 0.05) is 32.5 Å². The number of ether oxygens (including phenoxy) is 1. The van der Waals surface area contributed by atoms with Crippen LogP contribution in [0.3, 0.4) is 0 Å². The van der Waals surface area contributed by atoms with Gasteiger partial charge in [-0.3, -0.25) is 9.59 Å². The van der Waals surface area contributed by atoms with Crippen LogP contribution in [0.1, 0.15) is 41.5 Å². The summed E-state index contributed by atoms with van der Waals surface area (Å²) >= 11 is 0. The van der Waals surface area contributed by atoms with Gasteiger partial charge in [0.25, 0.3) is 0 Å². The molecule has 0 spiro atoms. The van der Waals surface area contributed by atoms with Gasteiger partial charge in [-0.2, -0.15) is 0 Å². The lowest BCUT2D eigenvalue weighted by Gasteiger charge is -2.31. The molecule has 0 radical (unpaired) electrons. The van der Waals surface area contributed by atoms with E-state index >= 15 is 0 Å². The first-order valence-corrected chi connectivity index (χ1v) is 11.9. The molecule has 0 aromatic heterocycles. The van der Waals surface area contributed by atoms with Crippen molar-refractivity contribution >= 4 is 11.8 Å². The number of hydrogen-bond donors (Lipinski definition) is 1. The molecule has 5 nitrogen and oxygen atoms in total. The third kappa shape index (κ3) is 4.43. The highest BCUT2D eigenvalue weighted by molar-refractivity contribution is 5.83. The lowest BCUT2D eigenvalue weighted by atomic mass is 9.87. The summed E-state index contributed by atoms with van der Waals surface area (Å²) in [7, 11) is 1.67. The van der Waals surface area contributed by atoms with Crippen molar-refractivity contribution in [2.45, 2.75) is 38.8 Å². The van der Waals surface area contributed by atoms with Gasteiger partial charge < -0.3 is 15.0 Å². The Morgan fingerprint density at radius 2 is 1.85 bits per heavy atom. The van der Waals surface area contributed by atoms with Crippen molar-refractivity contribution in [1.82, 2.24) is 10.2 Å². The van der Waals surface area contributed by atoms with E-state index in [1.54, 1.807) is 14.0 Å². The largest absolute Gasteiger partial charge is 0.497 e. The van der Waals surface area contributed by atoms with Gasteiger partial charge in [-0.25, -0.2) is 0 Å². The third-order valence-electron chi connectivity index (χ3n) is 7.14. The summed E-state index contributed by atoms with van der Waals surface area (Å²) in [6.07, 6.45) is 1.70. The molecule has 2 atom stereocenters. The smallest absolute Gasteiger partial charge is 0.224 e. The van der Waals surface area contributed by atoms with Crippen molar-refractivity contribution in [2.24, 2.45) is 5.92 Å². The average molecular weight is 455 g/mol. The topological polar surface area (TPSA) is 58.6 Å². The van der Waals surface area contributed by atoms with Gasteiger partial charge in [-0.1, -0.05) is 54.6 Å². The Morgan fingerprint density at radius 3 is 2.62 bits per heavy atom. The maximum atomic E-state index is 12.9. The molecule has 1 aliphatic carbocycles. The molecule has 34 heavy (non-hydrogen) atoms. The van der Waals surface area contributed by atoms with E-state index in [0.29, 0.717) is 25.6 Å². The van der Waals surface area contributed by atoms with E-state index in [0.717, 1.165) is 35.3 Å². The first-order valence-electron chi connectivity index (χ1n) is 11.9. The zero-order chi connectivity index (χ0) is 23.7. The van der Waals surface area contributed by atoms with Crippen LogP contribution in [0.15, 0.2) is 66.7 Å². The van der Waals surface area contributed by atoms with E-state index in [4.69, 9.17) is 4.74 Å². The molecule has 2 aliphatic rings. The Kier molecular flexibility index (Phi) is 6.10. The Labute approximate surface area is 200 Å². The van der Waals surface area contributed by atoms with Gasteiger partial charge in [0.2, 0.25) is 11.8 Å². The van der Waals surface area contributed by atoms with Gasteiger partial charge in [0.05, 0.1) is 7.11 Å². The van der Waals surface area contributed by atoms with E-state index in [1.165, 1.54) is 16.7 Å². The Balaban J connectivity index is 1.38. The van der Waals surface area contributed by atoms with Crippen molar-refractivity contribution in [2.75, 3.05) is 13.7 Å². The lowest BCUT2D eigenvalue weighted by molar-refractivity contribution is -0.129. The second kappa shape index (κ2) is 9.34. The summed E-state index contributed by atoms with van der Waals surface area (Å²) in [6.45, 7) is 3.37. The zero-order valence-electron chi connectivity index (χ0n) is 19.7. The number of methoxy groups -OCH3 is 1. The van der Waals surface area contributed by atoms with Crippen LogP contribution in [-0.2, 0) is 29.1 Å². The standard InChI is InChI=1S/C29H30N2O3/c1-19(32)31-14-13-25-24(21-9-6-10-23(15-21)34-2)12-11-22(28(25)18-31)17-30-29(33)27-16-26(27)20-7-4-3-5-8-20/h3-12,15,26-27H,13-14,16-18H2,1-2H3,(H,30,33)/t26-,27+/m0/s1. The maximum absolute atomic E-state index is 12.9. The summed E-state index contributed by atoms with van der Waals surface area (Å²) in [5.41, 5.74) is 6.99. The first kappa shape index (κ1) is 22.2. The molecule has 1 fully saturated rings. The zero-order valence-corrected chi connectivity index (χ0v) is 19.7. The molecule has 3 aromatic carbocycles. The lowest BCUT2D eigenvalue weighted by Crippen LogP contribution is -2.36. The van der Waals surface area contributed by atoms with Crippen LogP contribution in [0.5, 0.6) is 5.75 Å². The minimum Gasteiger partial charge on any atom is -0.497 e. The van der Waals surface area contributed by atoms with Gasteiger partial charge in [-0.15, -0.1) is 0 Å². The molecule has 2 amide bonds. The van der Waals surface area contributed by atoms with E-state index in [9.17, 15) is 9.59 Å². The molecule has 5 rings (SSSR count). The molecular formula is C29H30N2O3. The predicted molar refractivity (Wildman–Crippen MR) is 132 cm³/mol. The minimum absolute atomic E-state index is 0.0444. The molecule has 0 unspecified atom stereocenters. The molecule has 174 valence electrons. The summed E-state index contributed by atoms with van der Waals surface area (Å²) in [5, 5.41) is 3.17. The number of amides is 2. The highest BCUT2D eigenvalue weighted by Crippen LogP contribution is 2.47. The number of benzene rings is 3. The molecule has 1 saturated carbocycles. The number of carbonyl (C=O) groups is 2. The minimum atomic E-state index is 0.0444. The third-order valence-corrected chi connectivity index (χ3v) is 7.14. The monoisotopic (exact) mass is 454 g/mol. The Morgan fingerprint density at radius 1 is 1.03 bits per heavy atom. The van der Waals surface area contributed by atoms with Crippen molar-refractivity contribution in [3.63, 3.8) is 0 Å². The van der Waals surface area contributed by atoms with E-state index in [1.807, 2.05) is 41.3 Å². The molecule has 0 bridgehead atoms. The molecule has 1 aliphatic heterocycles. The van der Waals surface area contributed by atoms with Crippen LogP contribution in [0, 0.1) is 5.92 Å². The maximum Gasteiger partial charge on any atom is 0.224 e. The Hall–Kier alpha value is -3.60. The van der Waals surface area contributed by atoms with Crippen molar-refractivity contribution in [3.05, 3.63) is 89.0 Å². The average Bonchev–Trinajstić information content (AvgIpc) is 3.68. The summed E-state index contributed by atoms with van der Waals surface area (Å²) in [5.74, 6) is 1.37. The van der Waals surface area contributed by atoms with Gasteiger partial charge >= 0.3 is 0 Å². The van der Waals surface area contributed by atoms with Crippen molar-refractivity contribution in [3.8, 4) is 16.9 Å². The summed E-state index contributed by atoms with van der Waals surface area (Å²) < 4.78 is 5.43. The summed E-state index contributed by atoms with van der Waals surface area (Å²) in [4.78, 5) is 26.9. The first-order chi connectivity index (χ1) is 16.5. The number of fused-ring (bicyclic) bond motifs is 1. The summed E-state index contributed by atoms with van der Waals surface area (Å²) in [6, 6.07) is 22.6. The van der Waals surface area contributed by atoms with Crippen LogP contribution in [-0.4, -0.2) is 30.4 Å². The quantitative estimate of drug-likeness (QED) is 0.588. The van der Waals surface area contributed by atoms with Gasteiger partial charge in [0.1, 0.15) is 5.75 Å². The fraction of sp³-hybridized carbons (Fsp3) is 0.310. The normalized spacial score (nSPS) is 18.7. The molecule has 1 heterocycles. The number of carbonyl (C=O) groups excluding carboxylic acids is 2. The predicted octanol–water partition coefficient (Wildman–Crippen LogP) is 4.69. The second-order valence-corrected chi connectivity index (χ2v) is 9.23. The Bertz CT molecular complexity index is 1220. The second-order valence-electron chi connectivity index (χ2n) is 9.23. The van der Waals surface area contributed by atoms with Gasteiger partial charge in [-0.05, 0) is 64.3 Å². The van der Waals surface area contributed by atoms with Crippen molar-refractivity contribution < 1.29 is 14.3 Å². The van der Waals surface area contributed by atoms with E-state index in [2.05, 4.69) is 35.6 Å². The SMILES string of the molecule is COc1cccc(-c2ccc(CNC(=O)[C@@H]3C[C@H]3c3ccccc3)c3c2CCN(C(C)=O)C3)c1. The van der Waals surface area contributed by atoms with E-state index < -0.39 is 0 Å². The number of hydrogen-bond acceptors (Lipinski definition) is 3. The highest BCUT2D eigenvalue weighted by atomic mass is 16.5. The van der Waals surface area contributed by atoms with Crippen molar-refractivity contribution in [1.29, 1.82) is 0 Å². The van der Waals surface area contributed by atoms with Crippen LogP contribution in [0.25, 0.3) is 11.1 Å². The number of nitrogens with one attached hydrogen (secondary N) is 1. The van der Waals surface area contributed by atoms with Crippen LogP contribution < -0.4 is 10.1 Å². The van der Waals surface area contributed by atoms with Crippen LogP contribution >= 0.6 is 0 Å².